The highest BCUT2D eigenvalue weighted by Gasteiger charge is 2.17. The van der Waals surface area contributed by atoms with Gasteiger partial charge in [-0.3, -0.25) is 4.68 Å². The molecule has 0 radical (unpaired) electrons. The van der Waals surface area contributed by atoms with E-state index in [-0.39, 0.29) is 0 Å². The Hall–Kier alpha value is -0.830. The predicted molar refractivity (Wildman–Crippen MR) is 46.1 cm³/mol. The van der Waals surface area contributed by atoms with Gasteiger partial charge in [0.05, 0.1) is 18.3 Å². The molecule has 1 aromatic heterocycles. The van der Waals surface area contributed by atoms with Crippen molar-refractivity contribution in [2.75, 3.05) is 13.2 Å². The Morgan fingerprint density at radius 2 is 2.67 bits per heavy atom. The largest absolute Gasteiger partial charge is 0.379 e. The minimum atomic E-state index is 0.477. The van der Waals surface area contributed by atoms with Crippen LogP contribution in [0, 0.1) is 0 Å². The van der Waals surface area contributed by atoms with Gasteiger partial charge in [-0.25, -0.2) is 0 Å². The van der Waals surface area contributed by atoms with Crippen LogP contribution in [-0.2, 0) is 11.2 Å². The minimum Gasteiger partial charge on any atom is -0.379 e. The lowest BCUT2D eigenvalue weighted by Gasteiger charge is -2.06. The second-order valence-corrected chi connectivity index (χ2v) is 3.16. The van der Waals surface area contributed by atoms with E-state index in [0.29, 0.717) is 6.04 Å². The van der Waals surface area contributed by atoms with Crippen molar-refractivity contribution in [2.45, 2.75) is 25.8 Å². The fourth-order valence-electron chi connectivity index (χ4n) is 1.50. The summed E-state index contributed by atoms with van der Waals surface area (Å²) in [7, 11) is 0. The third-order valence-electron chi connectivity index (χ3n) is 2.31. The standard InChI is InChI=1S/C9H14N2O/c1-2-8-3-5-11(10-8)9-4-6-12-7-9/h3,5,9H,2,4,6-7H2,1H3. The average Bonchev–Trinajstić information content (AvgIpc) is 2.75. The van der Waals surface area contributed by atoms with Crippen molar-refractivity contribution in [1.29, 1.82) is 0 Å². The zero-order valence-electron chi connectivity index (χ0n) is 7.36. The Morgan fingerprint density at radius 1 is 1.75 bits per heavy atom. The van der Waals surface area contributed by atoms with Gasteiger partial charge in [0.1, 0.15) is 0 Å². The second-order valence-electron chi connectivity index (χ2n) is 3.16. The maximum absolute atomic E-state index is 5.29. The van der Waals surface area contributed by atoms with Crippen LogP contribution in [0.3, 0.4) is 0 Å². The smallest absolute Gasteiger partial charge is 0.0774 e. The van der Waals surface area contributed by atoms with Crippen molar-refractivity contribution >= 4 is 0 Å². The molecule has 1 atom stereocenters. The molecule has 0 bridgehead atoms. The zero-order chi connectivity index (χ0) is 8.39. The van der Waals surface area contributed by atoms with Gasteiger partial charge < -0.3 is 4.74 Å². The molecule has 0 spiro atoms. The third-order valence-corrected chi connectivity index (χ3v) is 2.31. The van der Waals surface area contributed by atoms with E-state index in [1.807, 2.05) is 4.68 Å². The van der Waals surface area contributed by atoms with Gasteiger partial charge in [0.15, 0.2) is 0 Å². The highest BCUT2D eigenvalue weighted by atomic mass is 16.5. The van der Waals surface area contributed by atoms with Crippen LogP contribution in [0.5, 0.6) is 0 Å². The normalized spacial score (nSPS) is 23.2. The van der Waals surface area contributed by atoms with Gasteiger partial charge in [-0.2, -0.15) is 5.10 Å². The molecule has 0 saturated carbocycles. The molecule has 2 rings (SSSR count). The Labute approximate surface area is 72.3 Å². The van der Waals surface area contributed by atoms with E-state index in [9.17, 15) is 0 Å². The minimum absolute atomic E-state index is 0.477. The van der Waals surface area contributed by atoms with Crippen LogP contribution >= 0.6 is 0 Å². The van der Waals surface area contributed by atoms with Gasteiger partial charge in [-0.15, -0.1) is 0 Å². The summed E-state index contributed by atoms with van der Waals surface area (Å²) in [6, 6.07) is 2.56. The predicted octanol–water partition coefficient (Wildman–Crippen LogP) is 1.41. The second kappa shape index (κ2) is 3.27. The molecule has 1 aliphatic rings. The monoisotopic (exact) mass is 166 g/mol. The van der Waals surface area contributed by atoms with Gasteiger partial charge in [-0.05, 0) is 18.9 Å². The van der Waals surface area contributed by atoms with Crippen LogP contribution in [0.2, 0.25) is 0 Å². The van der Waals surface area contributed by atoms with Crippen LogP contribution < -0.4 is 0 Å². The summed E-state index contributed by atoms with van der Waals surface area (Å²) in [4.78, 5) is 0. The molecular weight excluding hydrogens is 152 g/mol. The molecule has 3 nitrogen and oxygen atoms in total. The molecule has 1 fully saturated rings. The van der Waals surface area contributed by atoms with Crippen LogP contribution in [0.1, 0.15) is 25.1 Å². The van der Waals surface area contributed by atoms with Crippen molar-refractivity contribution < 1.29 is 4.74 Å². The molecule has 2 heterocycles. The van der Waals surface area contributed by atoms with E-state index in [1.165, 1.54) is 5.69 Å². The van der Waals surface area contributed by atoms with Crippen molar-refractivity contribution in [1.82, 2.24) is 9.78 Å². The van der Waals surface area contributed by atoms with E-state index >= 15 is 0 Å². The first kappa shape index (κ1) is 7.80. The Kier molecular flexibility index (Phi) is 2.13. The summed E-state index contributed by atoms with van der Waals surface area (Å²) in [5, 5.41) is 4.45. The summed E-state index contributed by atoms with van der Waals surface area (Å²) in [6.45, 7) is 3.83. The topological polar surface area (TPSA) is 27.1 Å². The molecule has 0 N–H and O–H groups in total. The summed E-state index contributed by atoms with van der Waals surface area (Å²) >= 11 is 0. The molecule has 12 heavy (non-hydrogen) atoms. The first-order chi connectivity index (χ1) is 5.90. The molecule has 66 valence electrons. The van der Waals surface area contributed by atoms with E-state index in [1.54, 1.807) is 0 Å². The average molecular weight is 166 g/mol. The highest BCUT2D eigenvalue weighted by Crippen LogP contribution is 2.17. The van der Waals surface area contributed by atoms with E-state index in [0.717, 1.165) is 26.1 Å². The Morgan fingerprint density at radius 3 is 3.25 bits per heavy atom. The van der Waals surface area contributed by atoms with Crippen LogP contribution in [0.25, 0.3) is 0 Å². The van der Waals surface area contributed by atoms with Crippen LogP contribution in [-0.4, -0.2) is 23.0 Å². The van der Waals surface area contributed by atoms with Gasteiger partial charge in [0, 0.05) is 12.8 Å². The van der Waals surface area contributed by atoms with Crippen LogP contribution in [0.4, 0.5) is 0 Å². The van der Waals surface area contributed by atoms with Crippen molar-refractivity contribution in [3.63, 3.8) is 0 Å². The van der Waals surface area contributed by atoms with Crippen molar-refractivity contribution in [3.05, 3.63) is 18.0 Å². The lowest BCUT2D eigenvalue weighted by molar-refractivity contribution is 0.184. The molecule has 1 aromatic rings. The molecule has 1 unspecified atom stereocenters. The quantitative estimate of drug-likeness (QED) is 0.664. The number of aromatic nitrogens is 2. The molecule has 0 aromatic carbocycles. The fourth-order valence-corrected chi connectivity index (χ4v) is 1.50. The molecule has 1 aliphatic heterocycles. The number of hydrogen-bond donors (Lipinski definition) is 0. The van der Waals surface area contributed by atoms with Gasteiger partial charge in [0.2, 0.25) is 0 Å². The fraction of sp³-hybridized carbons (Fsp3) is 0.667. The number of nitrogens with zero attached hydrogens (tertiary/aromatic N) is 2. The number of ether oxygens (including phenoxy) is 1. The number of rotatable bonds is 2. The maximum atomic E-state index is 5.29. The van der Waals surface area contributed by atoms with Crippen LogP contribution in [0.15, 0.2) is 12.3 Å². The first-order valence-corrected chi connectivity index (χ1v) is 4.52. The van der Waals surface area contributed by atoms with Crippen molar-refractivity contribution in [3.8, 4) is 0 Å². The molecule has 0 amide bonds. The van der Waals surface area contributed by atoms with E-state index in [4.69, 9.17) is 4.74 Å². The third kappa shape index (κ3) is 1.37. The lowest BCUT2D eigenvalue weighted by atomic mass is 10.3. The SMILES string of the molecule is CCc1ccn(C2CCOC2)n1. The van der Waals surface area contributed by atoms with E-state index < -0.39 is 0 Å². The highest BCUT2D eigenvalue weighted by molar-refractivity contribution is 4.99. The van der Waals surface area contributed by atoms with Crippen molar-refractivity contribution in [2.24, 2.45) is 0 Å². The van der Waals surface area contributed by atoms with E-state index in [2.05, 4.69) is 24.3 Å². The summed E-state index contributed by atoms with van der Waals surface area (Å²) in [6.07, 6.45) is 4.17. The maximum Gasteiger partial charge on any atom is 0.0774 e. The Balaban J connectivity index is 2.11. The number of hydrogen-bond acceptors (Lipinski definition) is 2. The summed E-state index contributed by atoms with van der Waals surface area (Å²) in [5.74, 6) is 0. The summed E-state index contributed by atoms with van der Waals surface area (Å²) < 4.78 is 7.33. The first-order valence-electron chi connectivity index (χ1n) is 4.52. The summed E-state index contributed by atoms with van der Waals surface area (Å²) in [5.41, 5.74) is 1.17. The van der Waals surface area contributed by atoms with Gasteiger partial charge in [0.25, 0.3) is 0 Å². The van der Waals surface area contributed by atoms with Gasteiger partial charge >= 0.3 is 0 Å². The molecule has 1 saturated heterocycles. The van der Waals surface area contributed by atoms with Gasteiger partial charge in [-0.1, -0.05) is 6.92 Å². The molecule has 0 aliphatic carbocycles. The molecule has 3 heteroatoms. The number of aryl methyl sites for hydroxylation is 1. The molecular formula is C9H14N2O. The zero-order valence-corrected chi connectivity index (χ0v) is 7.36. The Bertz CT molecular complexity index is 251. The lowest BCUT2D eigenvalue weighted by Crippen LogP contribution is -2.09.